The molecule has 0 amide bonds. The third kappa shape index (κ3) is 4.65. The summed E-state index contributed by atoms with van der Waals surface area (Å²) in [7, 11) is -3.38. The van der Waals surface area contributed by atoms with Crippen molar-refractivity contribution in [3.63, 3.8) is 0 Å². The Morgan fingerprint density at radius 2 is 2.00 bits per heavy atom. The molecule has 1 aliphatic rings. The molecule has 4 nitrogen and oxygen atoms in total. The molecular formula is C12H19ClN2O2S2. The molecule has 0 saturated carbocycles. The van der Waals surface area contributed by atoms with E-state index in [-0.39, 0.29) is 18.4 Å². The Balaban J connectivity index is 0.00000180. The van der Waals surface area contributed by atoms with Crippen molar-refractivity contribution in [2.45, 2.75) is 28.7 Å². The SMILES string of the molecule is CSc1cccc(S(=O)(=O)NC2CCNCC2)c1.Cl. The fourth-order valence-electron chi connectivity index (χ4n) is 2.00. The third-order valence-corrected chi connectivity index (χ3v) is 5.26. The van der Waals surface area contributed by atoms with E-state index in [1.165, 1.54) is 0 Å². The maximum atomic E-state index is 12.2. The van der Waals surface area contributed by atoms with Crippen molar-refractivity contribution in [3.8, 4) is 0 Å². The van der Waals surface area contributed by atoms with Crippen molar-refractivity contribution in [1.82, 2.24) is 10.0 Å². The van der Waals surface area contributed by atoms with Crippen LogP contribution in [0.1, 0.15) is 12.8 Å². The first-order valence-corrected chi connectivity index (χ1v) is 8.70. The molecule has 1 aromatic carbocycles. The predicted octanol–water partition coefficient (Wildman–Crippen LogP) is 1.86. The second kappa shape index (κ2) is 7.50. The molecule has 1 heterocycles. The van der Waals surface area contributed by atoms with Crippen LogP contribution in [0.15, 0.2) is 34.1 Å². The Kier molecular flexibility index (Phi) is 6.62. The molecule has 19 heavy (non-hydrogen) atoms. The molecule has 0 unspecified atom stereocenters. The average Bonchev–Trinajstić information content (AvgIpc) is 2.39. The van der Waals surface area contributed by atoms with Crippen LogP contribution in [0, 0.1) is 0 Å². The highest BCUT2D eigenvalue weighted by molar-refractivity contribution is 7.98. The molecule has 7 heteroatoms. The Bertz CT molecular complexity index is 502. The van der Waals surface area contributed by atoms with E-state index in [4.69, 9.17) is 0 Å². The highest BCUT2D eigenvalue weighted by atomic mass is 35.5. The largest absolute Gasteiger partial charge is 0.317 e. The number of hydrogen-bond acceptors (Lipinski definition) is 4. The minimum Gasteiger partial charge on any atom is -0.317 e. The Morgan fingerprint density at radius 1 is 1.32 bits per heavy atom. The molecule has 2 rings (SSSR count). The highest BCUT2D eigenvalue weighted by Gasteiger charge is 2.21. The molecule has 0 aliphatic carbocycles. The van der Waals surface area contributed by atoms with Crippen LogP contribution in [0.4, 0.5) is 0 Å². The standard InChI is InChI=1S/C12H18N2O2S2.ClH/c1-17-11-3-2-4-12(9-11)18(15,16)14-10-5-7-13-8-6-10;/h2-4,9-10,13-14H,5-8H2,1H3;1H. The normalized spacial score (nSPS) is 16.9. The smallest absolute Gasteiger partial charge is 0.240 e. The maximum absolute atomic E-state index is 12.2. The second-order valence-corrected chi connectivity index (χ2v) is 6.92. The molecule has 0 spiro atoms. The molecule has 0 aromatic heterocycles. The van der Waals surface area contributed by atoms with Gasteiger partial charge < -0.3 is 5.32 Å². The van der Waals surface area contributed by atoms with Gasteiger partial charge in [-0.25, -0.2) is 13.1 Å². The van der Waals surface area contributed by atoms with Gasteiger partial charge >= 0.3 is 0 Å². The highest BCUT2D eigenvalue weighted by Crippen LogP contribution is 2.19. The van der Waals surface area contributed by atoms with E-state index < -0.39 is 10.0 Å². The second-order valence-electron chi connectivity index (χ2n) is 4.32. The number of nitrogens with one attached hydrogen (secondary N) is 2. The van der Waals surface area contributed by atoms with E-state index in [1.54, 1.807) is 30.0 Å². The minimum atomic E-state index is -3.38. The Morgan fingerprint density at radius 3 is 2.63 bits per heavy atom. The van der Waals surface area contributed by atoms with E-state index in [1.807, 2.05) is 12.3 Å². The summed E-state index contributed by atoms with van der Waals surface area (Å²) >= 11 is 1.54. The van der Waals surface area contributed by atoms with Gasteiger partial charge in [0.25, 0.3) is 0 Å². The summed E-state index contributed by atoms with van der Waals surface area (Å²) in [4.78, 5) is 1.32. The number of hydrogen-bond donors (Lipinski definition) is 2. The number of rotatable bonds is 4. The fraction of sp³-hybridized carbons (Fsp3) is 0.500. The molecule has 1 fully saturated rings. The number of piperidine rings is 1. The lowest BCUT2D eigenvalue weighted by Gasteiger charge is -2.23. The Hall–Kier alpha value is -0.270. The lowest BCUT2D eigenvalue weighted by Crippen LogP contribution is -2.42. The summed E-state index contributed by atoms with van der Waals surface area (Å²) in [6.45, 7) is 1.75. The van der Waals surface area contributed by atoms with Gasteiger partial charge in [-0.15, -0.1) is 24.2 Å². The first-order chi connectivity index (χ1) is 8.62. The summed E-state index contributed by atoms with van der Waals surface area (Å²) in [6.07, 6.45) is 3.63. The van der Waals surface area contributed by atoms with Crippen LogP contribution < -0.4 is 10.0 Å². The zero-order valence-corrected chi connectivity index (χ0v) is 13.2. The first kappa shape index (κ1) is 16.8. The van der Waals surface area contributed by atoms with Gasteiger partial charge in [-0.3, -0.25) is 0 Å². The lowest BCUT2D eigenvalue weighted by atomic mass is 10.1. The van der Waals surface area contributed by atoms with Crippen molar-refractivity contribution in [1.29, 1.82) is 0 Å². The van der Waals surface area contributed by atoms with Crippen LogP contribution in [0.5, 0.6) is 0 Å². The van der Waals surface area contributed by atoms with Crippen molar-refractivity contribution in [3.05, 3.63) is 24.3 Å². The zero-order chi connectivity index (χ0) is 13.0. The first-order valence-electron chi connectivity index (χ1n) is 5.99. The molecule has 0 bridgehead atoms. The van der Waals surface area contributed by atoms with Crippen LogP contribution in [0.3, 0.4) is 0 Å². The van der Waals surface area contributed by atoms with Gasteiger partial charge in [-0.1, -0.05) is 6.07 Å². The van der Waals surface area contributed by atoms with Crippen LogP contribution in [-0.4, -0.2) is 33.8 Å². The van der Waals surface area contributed by atoms with E-state index in [9.17, 15) is 8.42 Å². The third-order valence-electron chi connectivity index (χ3n) is 3.01. The summed E-state index contributed by atoms with van der Waals surface area (Å²) in [5.74, 6) is 0. The molecule has 0 radical (unpaired) electrons. The molecule has 108 valence electrons. The van der Waals surface area contributed by atoms with Crippen molar-refractivity contribution in [2.75, 3.05) is 19.3 Å². The van der Waals surface area contributed by atoms with Gasteiger partial charge in [0, 0.05) is 10.9 Å². The lowest BCUT2D eigenvalue weighted by molar-refractivity contribution is 0.427. The molecule has 1 aromatic rings. The number of halogens is 1. The topological polar surface area (TPSA) is 58.2 Å². The molecule has 1 saturated heterocycles. The van der Waals surface area contributed by atoms with Gasteiger partial charge in [-0.2, -0.15) is 0 Å². The van der Waals surface area contributed by atoms with Gasteiger partial charge in [0.1, 0.15) is 0 Å². The quantitative estimate of drug-likeness (QED) is 0.831. The molecule has 1 aliphatic heterocycles. The summed E-state index contributed by atoms with van der Waals surface area (Å²) < 4.78 is 27.2. The Labute approximate surface area is 125 Å². The van der Waals surface area contributed by atoms with E-state index in [0.29, 0.717) is 4.90 Å². The van der Waals surface area contributed by atoms with E-state index in [2.05, 4.69) is 10.0 Å². The predicted molar refractivity (Wildman–Crippen MR) is 81.7 cm³/mol. The van der Waals surface area contributed by atoms with Gasteiger partial charge in [-0.05, 0) is 50.4 Å². The summed E-state index contributed by atoms with van der Waals surface area (Å²) in [5.41, 5.74) is 0. The van der Waals surface area contributed by atoms with Crippen LogP contribution in [-0.2, 0) is 10.0 Å². The van der Waals surface area contributed by atoms with Crippen LogP contribution in [0.2, 0.25) is 0 Å². The van der Waals surface area contributed by atoms with E-state index in [0.717, 1.165) is 30.8 Å². The van der Waals surface area contributed by atoms with Crippen molar-refractivity contribution < 1.29 is 8.42 Å². The van der Waals surface area contributed by atoms with Gasteiger partial charge in [0.2, 0.25) is 10.0 Å². The van der Waals surface area contributed by atoms with Crippen LogP contribution >= 0.6 is 24.2 Å². The molecule has 2 N–H and O–H groups in total. The van der Waals surface area contributed by atoms with E-state index >= 15 is 0 Å². The average molecular weight is 323 g/mol. The number of benzene rings is 1. The van der Waals surface area contributed by atoms with Crippen LogP contribution in [0.25, 0.3) is 0 Å². The number of thioether (sulfide) groups is 1. The monoisotopic (exact) mass is 322 g/mol. The zero-order valence-electron chi connectivity index (χ0n) is 10.8. The summed E-state index contributed by atoms with van der Waals surface area (Å²) in [6, 6.07) is 7.10. The summed E-state index contributed by atoms with van der Waals surface area (Å²) in [5, 5.41) is 3.22. The maximum Gasteiger partial charge on any atom is 0.240 e. The van der Waals surface area contributed by atoms with Crippen molar-refractivity contribution in [2.24, 2.45) is 0 Å². The number of sulfonamides is 1. The minimum absolute atomic E-state index is 0. The molecule has 0 atom stereocenters. The van der Waals surface area contributed by atoms with Gasteiger partial charge in [0.05, 0.1) is 4.90 Å². The fourth-order valence-corrected chi connectivity index (χ4v) is 3.88. The molecular weight excluding hydrogens is 304 g/mol. The van der Waals surface area contributed by atoms with Gasteiger partial charge in [0.15, 0.2) is 0 Å². The van der Waals surface area contributed by atoms with Crippen molar-refractivity contribution >= 4 is 34.2 Å².